The highest BCUT2D eigenvalue weighted by atomic mass is 16.3. The molecule has 10 nitrogen and oxygen atoms in total. The predicted octanol–water partition coefficient (Wildman–Crippen LogP) is 0.0712. The Bertz CT molecular complexity index is 929. The van der Waals surface area contributed by atoms with E-state index in [1.54, 1.807) is 0 Å². The lowest BCUT2D eigenvalue weighted by molar-refractivity contribution is 0.119. The van der Waals surface area contributed by atoms with Crippen molar-refractivity contribution in [2.24, 2.45) is 5.73 Å². The summed E-state index contributed by atoms with van der Waals surface area (Å²) in [7, 11) is 0. The number of rotatable bonds is 6. The van der Waals surface area contributed by atoms with E-state index in [4.69, 9.17) is 27.4 Å². The van der Waals surface area contributed by atoms with Crippen LogP contribution >= 0.6 is 0 Å². The summed E-state index contributed by atoms with van der Waals surface area (Å²) < 4.78 is 0. The van der Waals surface area contributed by atoms with Gasteiger partial charge in [-0.3, -0.25) is 9.80 Å². The van der Waals surface area contributed by atoms with E-state index in [0.29, 0.717) is 26.2 Å². The van der Waals surface area contributed by atoms with Crippen LogP contribution in [-0.4, -0.2) is 116 Å². The molecule has 10 heteroatoms. The molecule has 2 aliphatic rings. The molecule has 2 aromatic carbocycles. The van der Waals surface area contributed by atoms with Crippen molar-refractivity contribution >= 4 is 22.7 Å². The minimum atomic E-state index is -0.396. The number of anilines is 4. The third-order valence-electron chi connectivity index (χ3n) is 7.29. The number of aryl methyl sites for hydroxylation is 2. The molecule has 2 heterocycles. The van der Waals surface area contributed by atoms with Crippen molar-refractivity contribution in [1.29, 1.82) is 0 Å². The van der Waals surface area contributed by atoms with Crippen LogP contribution in [0.2, 0.25) is 0 Å². The van der Waals surface area contributed by atoms with E-state index in [-0.39, 0.29) is 19.3 Å². The second-order valence-electron chi connectivity index (χ2n) is 10.4. The van der Waals surface area contributed by atoms with Crippen molar-refractivity contribution < 1.29 is 15.3 Å². The van der Waals surface area contributed by atoms with Crippen molar-refractivity contribution in [1.82, 2.24) is 9.80 Å². The Labute approximate surface area is 227 Å². The van der Waals surface area contributed by atoms with Crippen LogP contribution in [0, 0.1) is 13.8 Å². The molecular weight excluding hydrogens is 482 g/mol. The lowest BCUT2D eigenvalue weighted by Gasteiger charge is -2.25. The van der Waals surface area contributed by atoms with Gasteiger partial charge in [0.05, 0.1) is 19.3 Å². The molecule has 9 N–H and O–H groups in total. The van der Waals surface area contributed by atoms with Gasteiger partial charge in [-0.25, -0.2) is 0 Å². The second-order valence-corrected chi connectivity index (χ2v) is 10.4. The number of aliphatic hydroxyl groups is 3. The van der Waals surface area contributed by atoms with E-state index in [1.165, 1.54) is 5.69 Å². The number of hydrogen-bond donors (Lipinski definition) is 6. The fourth-order valence-electron chi connectivity index (χ4n) is 5.04. The van der Waals surface area contributed by atoms with Crippen molar-refractivity contribution in [2.45, 2.75) is 26.0 Å². The summed E-state index contributed by atoms with van der Waals surface area (Å²) >= 11 is 0. The van der Waals surface area contributed by atoms with E-state index in [0.717, 1.165) is 67.5 Å². The molecule has 0 saturated carbocycles. The largest absolute Gasteiger partial charge is 0.399 e. The Hall–Kier alpha value is -2.60. The Kier molecular flexibility index (Phi) is 11.4. The number of nitrogens with zero attached hydrogens (tertiary/aromatic N) is 4. The number of hydrogen-bond acceptors (Lipinski definition) is 10. The molecule has 38 heavy (non-hydrogen) atoms. The van der Waals surface area contributed by atoms with Crippen molar-refractivity contribution in [3.05, 3.63) is 47.5 Å². The molecule has 2 saturated heterocycles. The Balaban J connectivity index is 0.000000211. The zero-order chi connectivity index (χ0) is 27.7. The van der Waals surface area contributed by atoms with Crippen molar-refractivity contribution in [3.8, 4) is 0 Å². The van der Waals surface area contributed by atoms with E-state index >= 15 is 0 Å². The zero-order valence-electron chi connectivity index (χ0n) is 23.0. The number of aliphatic hydroxyl groups excluding tert-OH is 3. The third kappa shape index (κ3) is 8.72. The van der Waals surface area contributed by atoms with Crippen LogP contribution in [0.3, 0.4) is 0 Å². The fourth-order valence-corrected chi connectivity index (χ4v) is 5.04. The molecule has 2 aromatic rings. The zero-order valence-corrected chi connectivity index (χ0v) is 23.0. The molecule has 0 amide bonds. The van der Waals surface area contributed by atoms with Gasteiger partial charge in [-0.1, -0.05) is 0 Å². The first-order valence-corrected chi connectivity index (χ1v) is 13.5. The van der Waals surface area contributed by atoms with Gasteiger partial charge in [0.25, 0.3) is 0 Å². The van der Waals surface area contributed by atoms with Crippen LogP contribution in [-0.2, 0) is 0 Å². The Morgan fingerprint density at radius 1 is 0.711 bits per heavy atom. The van der Waals surface area contributed by atoms with Gasteiger partial charge in [0, 0.05) is 94.2 Å². The number of benzene rings is 2. The van der Waals surface area contributed by atoms with Crippen LogP contribution in [0.5, 0.6) is 0 Å². The standard InChI is InChI=1S/C14H24N4O.C14H23N3O2/c1-11-8-13(2-3-14(11)16)18-5-4-17(6-7-19)9-12(15)10-18;1-11-8-12(2-3-14(11)15)17-5-4-16(6-7-18)9-13(19)10-17/h2-3,8,12,19H,4-7,9-10,15-16H2,1H3;2-3,8,13,18-19H,4-7,9-10,15H2,1H3. The molecule has 0 spiro atoms. The van der Waals surface area contributed by atoms with Crippen molar-refractivity contribution in [2.75, 3.05) is 99.9 Å². The smallest absolute Gasteiger partial charge is 0.0841 e. The van der Waals surface area contributed by atoms with Crippen LogP contribution in [0.25, 0.3) is 0 Å². The minimum Gasteiger partial charge on any atom is -0.399 e. The molecule has 2 fully saturated rings. The fraction of sp³-hybridized carbons (Fsp3) is 0.571. The lowest BCUT2D eigenvalue weighted by Crippen LogP contribution is -2.40. The van der Waals surface area contributed by atoms with Gasteiger partial charge in [-0.15, -0.1) is 0 Å². The van der Waals surface area contributed by atoms with Crippen molar-refractivity contribution in [3.63, 3.8) is 0 Å². The van der Waals surface area contributed by atoms with Gasteiger partial charge in [-0.2, -0.15) is 0 Å². The summed E-state index contributed by atoms with van der Waals surface area (Å²) in [5, 5.41) is 28.1. The molecule has 0 aliphatic carbocycles. The average Bonchev–Trinajstić information content (AvgIpc) is 3.18. The van der Waals surface area contributed by atoms with Gasteiger partial charge in [0.15, 0.2) is 0 Å². The Morgan fingerprint density at radius 2 is 1.18 bits per heavy atom. The molecule has 2 atom stereocenters. The van der Waals surface area contributed by atoms with E-state index in [1.807, 2.05) is 32.0 Å². The highest BCUT2D eigenvalue weighted by molar-refractivity contribution is 5.59. The predicted molar refractivity (Wildman–Crippen MR) is 157 cm³/mol. The van der Waals surface area contributed by atoms with Gasteiger partial charge < -0.3 is 42.3 Å². The first kappa shape index (κ1) is 29.9. The number of β-amino-alcohol motifs (C(OH)–C–C–N with tert-alkyl or cyclic N) is 3. The number of nitrogen functional groups attached to an aromatic ring is 2. The maximum Gasteiger partial charge on any atom is 0.0841 e. The topological polar surface area (TPSA) is 152 Å². The molecule has 0 bridgehead atoms. The summed E-state index contributed by atoms with van der Waals surface area (Å²) in [5.74, 6) is 0. The third-order valence-corrected chi connectivity index (χ3v) is 7.29. The molecule has 0 aromatic heterocycles. The summed E-state index contributed by atoms with van der Waals surface area (Å²) in [5.41, 5.74) is 23.9. The van der Waals surface area contributed by atoms with Crippen LogP contribution in [0.1, 0.15) is 11.1 Å². The van der Waals surface area contributed by atoms with Gasteiger partial charge in [-0.05, 0) is 61.4 Å². The quantitative estimate of drug-likeness (QED) is 0.284. The van der Waals surface area contributed by atoms with Crippen LogP contribution in [0.15, 0.2) is 36.4 Å². The maximum absolute atomic E-state index is 10.1. The minimum absolute atomic E-state index is 0.104. The molecule has 2 aliphatic heterocycles. The first-order valence-electron chi connectivity index (χ1n) is 13.5. The molecule has 212 valence electrons. The Morgan fingerprint density at radius 3 is 1.66 bits per heavy atom. The average molecular weight is 530 g/mol. The molecular formula is C28H47N7O3. The van der Waals surface area contributed by atoms with E-state index in [9.17, 15) is 5.11 Å². The van der Waals surface area contributed by atoms with Crippen LogP contribution < -0.4 is 27.0 Å². The number of nitrogens with two attached hydrogens (primary N) is 3. The lowest BCUT2D eigenvalue weighted by atomic mass is 10.1. The second kappa shape index (κ2) is 14.5. The summed E-state index contributed by atoms with van der Waals surface area (Å²) in [6.07, 6.45) is -0.396. The summed E-state index contributed by atoms with van der Waals surface area (Å²) in [6.45, 7) is 12.1. The normalized spacial score (nSPS) is 21.4. The van der Waals surface area contributed by atoms with E-state index < -0.39 is 6.10 Å². The molecule has 4 rings (SSSR count). The van der Waals surface area contributed by atoms with Gasteiger partial charge in [0.2, 0.25) is 0 Å². The van der Waals surface area contributed by atoms with Gasteiger partial charge >= 0.3 is 0 Å². The summed E-state index contributed by atoms with van der Waals surface area (Å²) in [6, 6.07) is 12.2. The highest BCUT2D eigenvalue weighted by Crippen LogP contribution is 2.23. The first-order chi connectivity index (χ1) is 18.2. The highest BCUT2D eigenvalue weighted by Gasteiger charge is 2.22. The van der Waals surface area contributed by atoms with E-state index in [2.05, 4.69) is 37.8 Å². The summed E-state index contributed by atoms with van der Waals surface area (Å²) in [4.78, 5) is 8.78. The van der Waals surface area contributed by atoms with Crippen LogP contribution in [0.4, 0.5) is 22.7 Å². The maximum atomic E-state index is 10.1. The SMILES string of the molecule is Cc1cc(N2CCN(CCO)CC(N)C2)ccc1N.Cc1cc(N2CCN(CCO)CC(O)C2)ccc1N. The monoisotopic (exact) mass is 529 g/mol. The van der Waals surface area contributed by atoms with Gasteiger partial charge in [0.1, 0.15) is 0 Å². The molecule has 0 radical (unpaired) electrons. The molecule has 2 unspecified atom stereocenters.